The van der Waals surface area contributed by atoms with Crippen LogP contribution in [0.5, 0.6) is 0 Å². The molecule has 6 aromatic carbocycles. The molecule has 0 bridgehead atoms. The lowest BCUT2D eigenvalue weighted by Crippen LogP contribution is -2.00. The van der Waals surface area contributed by atoms with Crippen molar-refractivity contribution in [2.75, 3.05) is 0 Å². The van der Waals surface area contributed by atoms with E-state index in [9.17, 15) is 0 Å². The van der Waals surface area contributed by atoms with E-state index < -0.39 is 0 Å². The molecule has 0 atom stereocenters. The average molecular weight is 682 g/mol. The standard InChI is InChI=1S/C48H35N5/c1-3-4-21-44(49-2)38-30-37(31-39(32-38)45-22-13-14-29-50-45)41-28-27-40(42-19-11-12-20-43(41)42)33-23-25-36(26-24-33)48-52-46(34-15-7-5-8-16-34)51-47(53-48)35-17-9-6-10-18-35/h3-32H,2H2,1H3/b4-3-,44-21-. The van der Waals surface area contributed by atoms with Crippen molar-refractivity contribution in [2.24, 2.45) is 4.99 Å². The number of nitrogens with zero attached hydrogens (tertiary/aromatic N) is 5. The van der Waals surface area contributed by atoms with Crippen LogP contribution in [0.15, 0.2) is 187 Å². The highest BCUT2D eigenvalue weighted by atomic mass is 15.0. The summed E-state index contributed by atoms with van der Waals surface area (Å²) in [5.41, 5.74) is 10.9. The molecule has 0 N–H and O–H groups in total. The minimum Gasteiger partial charge on any atom is -0.264 e. The van der Waals surface area contributed by atoms with Gasteiger partial charge in [0.15, 0.2) is 17.5 Å². The molecule has 0 spiro atoms. The van der Waals surface area contributed by atoms with Gasteiger partial charge in [0.05, 0.1) is 11.4 Å². The number of allylic oxidation sites excluding steroid dienone is 3. The van der Waals surface area contributed by atoms with E-state index in [2.05, 4.69) is 95.6 Å². The Morgan fingerprint density at radius 2 is 1.02 bits per heavy atom. The Balaban J connectivity index is 1.21. The highest BCUT2D eigenvalue weighted by Gasteiger charge is 2.15. The number of pyridine rings is 1. The molecule has 53 heavy (non-hydrogen) atoms. The van der Waals surface area contributed by atoms with E-state index in [0.29, 0.717) is 17.5 Å². The van der Waals surface area contributed by atoms with Crippen LogP contribution in [-0.2, 0) is 0 Å². The first-order chi connectivity index (χ1) is 26.2. The number of fused-ring (bicyclic) bond motifs is 1. The number of hydrogen-bond acceptors (Lipinski definition) is 5. The lowest BCUT2D eigenvalue weighted by Gasteiger charge is -2.15. The van der Waals surface area contributed by atoms with Gasteiger partial charge in [-0.25, -0.2) is 15.0 Å². The van der Waals surface area contributed by atoms with Gasteiger partial charge >= 0.3 is 0 Å². The van der Waals surface area contributed by atoms with Gasteiger partial charge in [0, 0.05) is 34.0 Å². The number of aromatic nitrogens is 4. The fraction of sp³-hybridized carbons (Fsp3) is 0.0208. The lowest BCUT2D eigenvalue weighted by atomic mass is 9.90. The first kappa shape index (κ1) is 33.1. The van der Waals surface area contributed by atoms with E-state index in [1.165, 1.54) is 0 Å². The Kier molecular flexibility index (Phi) is 9.36. The van der Waals surface area contributed by atoms with Crippen molar-refractivity contribution >= 4 is 23.2 Å². The molecule has 0 fully saturated rings. The number of rotatable bonds is 9. The first-order valence-electron chi connectivity index (χ1n) is 17.5. The van der Waals surface area contributed by atoms with Gasteiger partial charge in [-0.2, -0.15) is 0 Å². The summed E-state index contributed by atoms with van der Waals surface area (Å²) in [6.07, 6.45) is 7.78. The van der Waals surface area contributed by atoms with Gasteiger partial charge in [0.2, 0.25) is 0 Å². The van der Waals surface area contributed by atoms with Crippen LogP contribution in [0.1, 0.15) is 12.5 Å². The second-order valence-corrected chi connectivity index (χ2v) is 12.6. The fourth-order valence-electron chi connectivity index (χ4n) is 6.58. The molecule has 0 aliphatic carbocycles. The summed E-state index contributed by atoms with van der Waals surface area (Å²) in [5, 5.41) is 2.31. The molecule has 8 rings (SSSR count). The maximum Gasteiger partial charge on any atom is 0.164 e. The maximum atomic E-state index is 4.92. The Bertz CT molecular complexity index is 2550. The van der Waals surface area contributed by atoms with Crippen LogP contribution in [-0.4, -0.2) is 26.7 Å². The van der Waals surface area contributed by atoms with E-state index in [1.807, 2.05) is 110 Å². The third-order valence-electron chi connectivity index (χ3n) is 9.19. The molecular weight excluding hydrogens is 647 g/mol. The average Bonchev–Trinajstić information content (AvgIpc) is 3.24. The van der Waals surface area contributed by atoms with Crippen LogP contribution >= 0.6 is 0 Å². The van der Waals surface area contributed by atoms with Crippen molar-refractivity contribution in [2.45, 2.75) is 6.92 Å². The zero-order valence-electron chi connectivity index (χ0n) is 29.3. The quantitative estimate of drug-likeness (QED) is 0.112. The van der Waals surface area contributed by atoms with E-state index in [0.717, 1.165) is 72.2 Å². The van der Waals surface area contributed by atoms with Crippen LogP contribution in [0.4, 0.5) is 0 Å². The fourth-order valence-corrected chi connectivity index (χ4v) is 6.58. The maximum absolute atomic E-state index is 4.92. The molecule has 0 saturated carbocycles. The summed E-state index contributed by atoms with van der Waals surface area (Å²) in [6, 6.07) is 54.1. The molecule has 0 saturated heterocycles. The van der Waals surface area contributed by atoms with Crippen molar-refractivity contribution in [1.29, 1.82) is 0 Å². The molecule has 252 valence electrons. The van der Waals surface area contributed by atoms with Crippen molar-refractivity contribution in [1.82, 2.24) is 19.9 Å². The first-order valence-corrected chi connectivity index (χ1v) is 17.5. The zero-order valence-corrected chi connectivity index (χ0v) is 29.3. The molecule has 5 heteroatoms. The van der Waals surface area contributed by atoms with E-state index in [-0.39, 0.29) is 0 Å². The highest BCUT2D eigenvalue weighted by Crippen LogP contribution is 2.39. The number of hydrogen-bond donors (Lipinski definition) is 0. The lowest BCUT2D eigenvalue weighted by molar-refractivity contribution is 1.07. The molecule has 8 aromatic rings. The summed E-state index contributed by atoms with van der Waals surface area (Å²) >= 11 is 0. The van der Waals surface area contributed by atoms with Crippen molar-refractivity contribution in [3.63, 3.8) is 0 Å². The second kappa shape index (κ2) is 15.0. The molecule has 0 unspecified atom stereocenters. The molecule has 0 radical (unpaired) electrons. The van der Waals surface area contributed by atoms with Crippen LogP contribution < -0.4 is 0 Å². The topological polar surface area (TPSA) is 63.9 Å². The predicted octanol–water partition coefficient (Wildman–Crippen LogP) is 12.0. The summed E-state index contributed by atoms with van der Waals surface area (Å²) in [4.78, 5) is 23.7. The van der Waals surface area contributed by atoms with E-state index >= 15 is 0 Å². The van der Waals surface area contributed by atoms with Crippen molar-refractivity contribution in [3.8, 4) is 67.7 Å². The molecule has 2 aromatic heterocycles. The van der Waals surface area contributed by atoms with Gasteiger partial charge in [-0.3, -0.25) is 9.98 Å². The minimum absolute atomic E-state index is 0.630. The van der Waals surface area contributed by atoms with Gasteiger partial charge in [-0.1, -0.05) is 140 Å². The van der Waals surface area contributed by atoms with Gasteiger partial charge in [-0.05, 0) is 83.1 Å². The van der Waals surface area contributed by atoms with Gasteiger partial charge in [0.1, 0.15) is 0 Å². The molecule has 5 nitrogen and oxygen atoms in total. The normalized spacial score (nSPS) is 11.6. The van der Waals surface area contributed by atoms with Gasteiger partial charge < -0.3 is 0 Å². The van der Waals surface area contributed by atoms with Crippen molar-refractivity contribution in [3.05, 3.63) is 188 Å². The summed E-state index contributed by atoms with van der Waals surface area (Å²) in [7, 11) is 0. The Labute approximate surface area is 309 Å². The summed E-state index contributed by atoms with van der Waals surface area (Å²) in [5.74, 6) is 1.91. The zero-order chi connectivity index (χ0) is 36.0. The Hall–Kier alpha value is -7.11. The Morgan fingerprint density at radius 1 is 0.509 bits per heavy atom. The SMILES string of the molecule is C=N/C(=C\C=C/C)c1cc(-c2ccccn2)cc(-c2ccc(-c3ccc(-c4nc(-c5ccccc5)nc(-c5ccccc5)n4)cc3)c3ccccc23)c1. The monoisotopic (exact) mass is 681 g/mol. The number of aliphatic imine (C=N–C) groups is 1. The van der Waals surface area contributed by atoms with E-state index in [4.69, 9.17) is 15.0 Å². The molecule has 2 heterocycles. The minimum atomic E-state index is 0.630. The molecule has 0 amide bonds. The van der Waals surface area contributed by atoms with Crippen LogP contribution in [0.2, 0.25) is 0 Å². The summed E-state index contributed by atoms with van der Waals surface area (Å²) in [6.45, 7) is 5.86. The van der Waals surface area contributed by atoms with E-state index in [1.54, 1.807) is 0 Å². The molecular formula is C48H35N5. The third kappa shape index (κ3) is 6.96. The molecule has 0 aliphatic heterocycles. The highest BCUT2D eigenvalue weighted by molar-refractivity contribution is 6.05. The smallest absolute Gasteiger partial charge is 0.164 e. The summed E-state index contributed by atoms with van der Waals surface area (Å²) < 4.78 is 0. The molecule has 0 aliphatic rings. The Morgan fingerprint density at radius 3 is 1.57 bits per heavy atom. The van der Waals surface area contributed by atoms with Crippen LogP contribution in [0.3, 0.4) is 0 Å². The third-order valence-corrected chi connectivity index (χ3v) is 9.19. The largest absolute Gasteiger partial charge is 0.264 e. The predicted molar refractivity (Wildman–Crippen MR) is 220 cm³/mol. The van der Waals surface area contributed by atoms with Crippen LogP contribution in [0.25, 0.3) is 84.1 Å². The van der Waals surface area contributed by atoms with Gasteiger partial charge in [0.25, 0.3) is 0 Å². The van der Waals surface area contributed by atoms with Crippen LogP contribution in [0, 0.1) is 0 Å². The second-order valence-electron chi connectivity index (χ2n) is 12.6. The van der Waals surface area contributed by atoms with Crippen molar-refractivity contribution < 1.29 is 0 Å². The number of benzene rings is 6. The van der Waals surface area contributed by atoms with Gasteiger partial charge in [-0.15, -0.1) is 0 Å².